The van der Waals surface area contributed by atoms with Crippen LogP contribution in [0.4, 0.5) is 5.13 Å². The number of rotatable bonds is 5. The fraction of sp³-hybridized carbons (Fsp3) is 0.150. The molecule has 2 heterocycles. The first kappa shape index (κ1) is 17.6. The Kier molecular flexibility index (Phi) is 4.63. The van der Waals surface area contributed by atoms with Gasteiger partial charge in [-0.25, -0.2) is 4.98 Å². The second kappa shape index (κ2) is 7.09. The normalized spacial score (nSPS) is 10.9. The molecule has 0 amide bonds. The molecule has 2 N–H and O–H groups in total. The Morgan fingerprint density at radius 2 is 1.63 bits per heavy atom. The third-order valence-corrected chi connectivity index (χ3v) is 6.25. The molecule has 2 aromatic carbocycles. The van der Waals surface area contributed by atoms with Gasteiger partial charge in [0.25, 0.3) is 0 Å². The van der Waals surface area contributed by atoms with Gasteiger partial charge in [-0.2, -0.15) is 0 Å². The quantitative estimate of drug-likeness (QED) is 0.494. The second-order valence-electron chi connectivity index (χ2n) is 5.80. The minimum absolute atomic E-state index is 0.520. The van der Waals surface area contributed by atoms with Crippen LogP contribution >= 0.6 is 22.7 Å². The first-order valence-corrected chi connectivity index (χ1v) is 9.89. The zero-order valence-electron chi connectivity index (χ0n) is 15.1. The van der Waals surface area contributed by atoms with Crippen LogP contribution in [0.3, 0.4) is 0 Å². The van der Waals surface area contributed by atoms with Crippen LogP contribution in [-0.2, 0) is 0 Å². The van der Waals surface area contributed by atoms with E-state index in [9.17, 15) is 0 Å². The first-order valence-electron chi connectivity index (χ1n) is 8.19. The lowest BCUT2D eigenvalue weighted by atomic mass is 10.1. The highest BCUT2D eigenvalue weighted by Crippen LogP contribution is 2.47. The minimum Gasteiger partial charge on any atom is -0.493 e. The van der Waals surface area contributed by atoms with Crippen molar-refractivity contribution in [2.45, 2.75) is 0 Å². The monoisotopic (exact) mass is 398 g/mol. The van der Waals surface area contributed by atoms with Gasteiger partial charge in [-0.1, -0.05) is 35.6 Å². The van der Waals surface area contributed by atoms with Gasteiger partial charge >= 0.3 is 0 Å². The molecule has 27 heavy (non-hydrogen) atoms. The molecule has 0 bridgehead atoms. The second-order valence-corrected chi connectivity index (χ2v) is 7.71. The zero-order valence-corrected chi connectivity index (χ0v) is 16.7. The molecule has 7 heteroatoms. The van der Waals surface area contributed by atoms with E-state index >= 15 is 0 Å². The topological polar surface area (TPSA) is 66.6 Å². The van der Waals surface area contributed by atoms with E-state index in [0.717, 1.165) is 21.0 Å². The molecule has 0 atom stereocenters. The Balaban J connectivity index is 1.94. The first-order chi connectivity index (χ1) is 13.2. The number of thiazole rings is 1. The summed E-state index contributed by atoms with van der Waals surface area (Å²) in [5.41, 5.74) is 7.88. The number of hydrogen-bond donors (Lipinski definition) is 1. The van der Waals surface area contributed by atoms with Crippen LogP contribution in [0.15, 0.2) is 41.8 Å². The molecule has 0 spiro atoms. The molecule has 2 aromatic heterocycles. The van der Waals surface area contributed by atoms with Crippen molar-refractivity contribution in [3.05, 3.63) is 41.8 Å². The van der Waals surface area contributed by atoms with Crippen molar-refractivity contribution >= 4 is 38.6 Å². The Morgan fingerprint density at radius 1 is 0.926 bits per heavy atom. The molecule has 0 aliphatic carbocycles. The summed E-state index contributed by atoms with van der Waals surface area (Å²) < 4.78 is 16.4. The molecular formula is C20H18N2O3S2. The van der Waals surface area contributed by atoms with E-state index in [4.69, 9.17) is 19.9 Å². The van der Waals surface area contributed by atoms with Crippen molar-refractivity contribution in [2.75, 3.05) is 27.1 Å². The summed E-state index contributed by atoms with van der Waals surface area (Å²) in [5, 5.41) is 5.02. The number of benzene rings is 2. The Morgan fingerprint density at radius 3 is 2.30 bits per heavy atom. The van der Waals surface area contributed by atoms with E-state index in [0.29, 0.717) is 22.4 Å². The third kappa shape index (κ3) is 2.98. The SMILES string of the molecule is COc1cc(-c2sc(N)nc2-c2scc3ccccc23)cc(OC)c1OC. The summed E-state index contributed by atoms with van der Waals surface area (Å²) in [4.78, 5) is 6.70. The Hall–Kier alpha value is -2.77. The van der Waals surface area contributed by atoms with Gasteiger partial charge in [0.1, 0.15) is 5.69 Å². The van der Waals surface area contributed by atoms with Gasteiger partial charge in [-0.05, 0) is 22.9 Å². The molecule has 5 nitrogen and oxygen atoms in total. The van der Waals surface area contributed by atoms with Crippen molar-refractivity contribution < 1.29 is 14.2 Å². The van der Waals surface area contributed by atoms with Gasteiger partial charge in [0.05, 0.1) is 31.1 Å². The predicted octanol–water partition coefficient (Wildman–Crippen LogP) is 5.30. The summed E-state index contributed by atoms with van der Waals surface area (Å²) in [7, 11) is 4.81. The van der Waals surface area contributed by atoms with Gasteiger partial charge in [-0.3, -0.25) is 0 Å². The maximum absolute atomic E-state index is 6.09. The number of anilines is 1. The lowest BCUT2D eigenvalue weighted by molar-refractivity contribution is 0.324. The number of thiophene rings is 1. The van der Waals surface area contributed by atoms with Gasteiger partial charge in [0, 0.05) is 10.9 Å². The van der Waals surface area contributed by atoms with Crippen molar-refractivity contribution in [3.8, 4) is 38.3 Å². The lowest BCUT2D eigenvalue weighted by Crippen LogP contribution is -1.95. The molecule has 0 radical (unpaired) electrons. The van der Waals surface area contributed by atoms with Gasteiger partial charge in [0.15, 0.2) is 16.6 Å². The Labute approximate surface area is 165 Å². The fourth-order valence-corrected chi connectivity index (χ4v) is 4.99. The summed E-state index contributed by atoms with van der Waals surface area (Å²) >= 11 is 3.11. The Bertz CT molecular complexity index is 1090. The van der Waals surface area contributed by atoms with E-state index in [1.165, 1.54) is 22.1 Å². The number of ether oxygens (including phenoxy) is 3. The van der Waals surface area contributed by atoms with Crippen molar-refractivity contribution in [3.63, 3.8) is 0 Å². The van der Waals surface area contributed by atoms with Gasteiger partial charge < -0.3 is 19.9 Å². The van der Waals surface area contributed by atoms with E-state index in [1.807, 2.05) is 24.3 Å². The largest absolute Gasteiger partial charge is 0.493 e. The maximum Gasteiger partial charge on any atom is 0.203 e. The van der Waals surface area contributed by atoms with Crippen LogP contribution in [-0.4, -0.2) is 26.3 Å². The average molecular weight is 399 g/mol. The highest BCUT2D eigenvalue weighted by Gasteiger charge is 2.21. The lowest BCUT2D eigenvalue weighted by Gasteiger charge is -2.14. The molecule has 138 valence electrons. The highest BCUT2D eigenvalue weighted by molar-refractivity contribution is 7.20. The van der Waals surface area contributed by atoms with Crippen molar-refractivity contribution in [2.24, 2.45) is 0 Å². The summed E-state index contributed by atoms with van der Waals surface area (Å²) in [6.45, 7) is 0. The molecule has 0 saturated carbocycles. The minimum atomic E-state index is 0.520. The molecule has 0 fully saturated rings. The summed E-state index contributed by atoms with van der Waals surface area (Å²) in [6, 6.07) is 12.1. The average Bonchev–Trinajstić information content (AvgIpc) is 3.29. The maximum atomic E-state index is 6.09. The number of nitrogen functional groups attached to an aromatic ring is 1. The molecule has 0 aliphatic heterocycles. The van der Waals surface area contributed by atoms with Crippen LogP contribution in [0.25, 0.3) is 31.8 Å². The zero-order chi connectivity index (χ0) is 19.0. The number of fused-ring (bicyclic) bond motifs is 1. The summed E-state index contributed by atoms with van der Waals surface area (Å²) in [5.74, 6) is 1.76. The van der Waals surface area contributed by atoms with Crippen LogP contribution in [0.2, 0.25) is 0 Å². The predicted molar refractivity (Wildman–Crippen MR) is 112 cm³/mol. The van der Waals surface area contributed by atoms with E-state index in [2.05, 4.69) is 22.5 Å². The number of aromatic nitrogens is 1. The van der Waals surface area contributed by atoms with Gasteiger partial charge in [0.2, 0.25) is 5.75 Å². The standard InChI is InChI=1S/C20H18N2O3S2/c1-23-14-8-12(9-15(24-2)17(14)25-3)18-16(22-20(21)27-18)19-13-7-5-4-6-11(13)10-26-19/h4-10H,1-3H3,(H2,21,22). The molecule has 4 aromatic rings. The van der Waals surface area contributed by atoms with Crippen LogP contribution < -0.4 is 19.9 Å². The van der Waals surface area contributed by atoms with Crippen molar-refractivity contribution in [1.29, 1.82) is 0 Å². The van der Waals surface area contributed by atoms with E-state index in [1.54, 1.807) is 32.7 Å². The fourth-order valence-electron chi connectivity index (χ4n) is 3.07. The molecule has 4 rings (SSSR count). The smallest absolute Gasteiger partial charge is 0.203 e. The summed E-state index contributed by atoms with van der Waals surface area (Å²) in [6.07, 6.45) is 0. The number of nitrogens with two attached hydrogens (primary N) is 1. The number of methoxy groups -OCH3 is 3. The van der Waals surface area contributed by atoms with E-state index in [-0.39, 0.29) is 0 Å². The molecule has 0 aliphatic rings. The van der Waals surface area contributed by atoms with Crippen LogP contribution in [0, 0.1) is 0 Å². The van der Waals surface area contributed by atoms with Crippen LogP contribution in [0.1, 0.15) is 0 Å². The highest BCUT2D eigenvalue weighted by atomic mass is 32.1. The molecule has 0 unspecified atom stereocenters. The number of hydrogen-bond acceptors (Lipinski definition) is 7. The molecular weight excluding hydrogens is 380 g/mol. The molecule has 0 saturated heterocycles. The van der Waals surface area contributed by atoms with E-state index < -0.39 is 0 Å². The van der Waals surface area contributed by atoms with Gasteiger partial charge in [-0.15, -0.1) is 11.3 Å². The van der Waals surface area contributed by atoms with Crippen molar-refractivity contribution in [1.82, 2.24) is 4.98 Å². The van der Waals surface area contributed by atoms with Crippen LogP contribution in [0.5, 0.6) is 17.2 Å². The number of nitrogens with zero attached hydrogens (tertiary/aromatic N) is 1. The third-order valence-electron chi connectivity index (χ3n) is 4.29.